The molecule has 2 N–H and O–H groups in total. The van der Waals surface area contributed by atoms with Gasteiger partial charge in [0.2, 0.25) is 0 Å². The first kappa shape index (κ1) is 19.8. The Morgan fingerprint density at radius 3 is 2.42 bits per heavy atom. The fourth-order valence-electron chi connectivity index (χ4n) is 1.93. The van der Waals surface area contributed by atoms with Gasteiger partial charge < -0.3 is 5.32 Å². The first-order chi connectivity index (χ1) is 12.3. The smallest absolute Gasteiger partial charge is 0.324 e. The molecule has 0 heterocycles. The lowest BCUT2D eigenvalue weighted by atomic mass is 10.1. The normalized spacial score (nSPS) is 11.1. The van der Waals surface area contributed by atoms with Gasteiger partial charge >= 0.3 is 6.18 Å². The molecule has 2 amide bonds. The lowest BCUT2D eigenvalue weighted by Crippen LogP contribution is -2.29. The summed E-state index contributed by atoms with van der Waals surface area (Å²) in [6.07, 6.45) is -2.63. The van der Waals surface area contributed by atoms with Crippen LogP contribution in [0.15, 0.2) is 53.4 Å². The number of hydroxylamine groups is 1. The summed E-state index contributed by atoms with van der Waals surface area (Å²) < 4.78 is 37.9. The number of thioether (sulfide) groups is 1. The van der Waals surface area contributed by atoms with E-state index in [4.69, 9.17) is 4.84 Å². The first-order valence-electron chi connectivity index (χ1n) is 7.33. The molecule has 0 atom stereocenters. The van der Waals surface area contributed by atoms with Crippen LogP contribution in [0.4, 0.5) is 18.9 Å². The van der Waals surface area contributed by atoms with Gasteiger partial charge in [0, 0.05) is 16.1 Å². The van der Waals surface area contributed by atoms with Crippen LogP contribution in [0.5, 0.6) is 0 Å². The molecule has 0 aliphatic heterocycles. The molecule has 9 heteroatoms. The van der Waals surface area contributed by atoms with E-state index < -0.39 is 30.2 Å². The van der Waals surface area contributed by atoms with E-state index in [1.807, 2.05) is 23.9 Å². The van der Waals surface area contributed by atoms with Gasteiger partial charge in [-0.25, -0.2) is 5.48 Å². The first-order valence-corrected chi connectivity index (χ1v) is 8.55. The second kappa shape index (κ2) is 8.72. The Morgan fingerprint density at radius 1 is 1.12 bits per heavy atom. The predicted molar refractivity (Wildman–Crippen MR) is 91.7 cm³/mol. The molecule has 0 unspecified atom stereocenters. The highest BCUT2D eigenvalue weighted by molar-refractivity contribution is 7.98. The topological polar surface area (TPSA) is 67.4 Å². The number of nitrogens with one attached hydrogen (secondary N) is 2. The molecule has 0 aliphatic carbocycles. The maximum atomic E-state index is 12.6. The predicted octanol–water partition coefficient (Wildman–Crippen LogP) is 3.73. The minimum atomic E-state index is -4.55. The van der Waals surface area contributed by atoms with Crippen molar-refractivity contribution >= 4 is 29.3 Å². The summed E-state index contributed by atoms with van der Waals surface area (Å²) in [7, 11) is 0. The van der Waals surface area contributed by atoms with Crippen LogP contribution < -0.4 is 10.8 Å². The number of anilines is 1. The fraction of sp³-hybridized carbons (Fsp3) is 0.176. The number of benzene rings is 2. The van der Waals surface area contributed by atoms with E-state index in [0.29, 0.717) is 11.8 Å². The third-order valence-corrected chi connectivity index (χ3v) is 3.94. The van der Waals surface area contributed by atoms with Crippen LogP contribution in [0.2, 0.25) is 0 Å². The van der Waals surface area contributed by atoms with Gasteiger partial charge in [-0.1, -0.05) is 6.07 Å². The Kier molecular flexibility index (Phi) is 6.64. The highest BCUT2D eigenvalue weighted by Crippen LogP contribution is 2.29. The third kappa shape index (κ3) is 5.78. The van der Waals surface area contributed by atoms with Crippen molar-refractivity contribution in [3.05, 3.63) is 59.7 Å². The van der Waals surface area contributed by atoms with E-state index >= 15 is 0 Å². The number of halogens is 3. The van der Waals surface area contributed by atoms with Gasteiger partial charge in [0.1, 0.15) is 0 Å². The molecule has 138 valence electrons. The number of amides is 2. The third-order valence-electron chi connectivity index (χ3n) is 3.19. The summed E-state index contributed by atoms with van der Waals surface area (Å²) >= 11 is 1.56. The van der Waals surface area contributed by atoms with Crippen molar-refractivity contribution in [2.75, 3.05) is 18.2 Å². The van der Waals surface area contributed by atoms with Crippen molar-refractivity contribution in [3.63, 3.8) is 0 Å². The van der Waals surface area contributed by atoms with Crippen molar-refractivity contribution in [1.82, 2.24) is 5.48 Å². The van der Waals surface area contributed by atoms with Gasteiger partial charge in [-0.15, -0.1) is 11.8 Å². The van der Waals surface area contributed by atoms with Crippen molar-refractivity contribution in [1.29, 1.82) is 0 Å². The van der Waals surface area contributed by atoms with Crippen molar-refractivity contribution < 1.29 is 27.6 Å². The maximum Gasteiger partial charge on any atom is 0.416 e. The molecule has 0 radical (unpaired) electrons. The molecule has 0 saturated heterocycles. The molecule has 0 bridgehead atoms. The van der Waals surface area contributed by atoms with Gasteiger partial charge in [0.25, 0.3) is 11.8 Å². The largest absolute Gasteiger partial charge is 0.416 e. The number of carbonyl (C=O) groups excluding carboxylic acids is 2. The molecule has 26 heavy (non-hydrogen) atoms. The lowest BCUT2D eigenvalue weighted by molar-refractivity contribution is -0.137. The van der Waals surface area contributed by atoms with Crippen LogP contribution in [-0.2, 0) is 15.8 Å². The van der Waals surface area contributed by atoms with Crippen LogP contribution >= 0.6 is 11.8 Å². The van der Waals surface area contributed by atoms with Crippen LogP contribution in [0.25, 0.3) is 0 Å². The molecule has 2 aromatic rings. The quantitative estimate of drug-likeness (QED) is 0.588. The number of rotatable bonds is 6. The Labute approximate surface area is 151 Å². The second-order valence-electron chi connectivity index (χ2n) is 5.08. The Bertz CT molecular complexity index is 780. The van der Waals surface area contributed by atoms with Crippen molar-refractivity contribution in [3.8, 4) is 0 Å². The highest BCUT2D eigenvalue weighted by atomic mass is 32.2. The minimum absolute atomic E-state index is 0.229. The Balaban J connectivity index is 1.83. The average Bonchev–Trinajstić information content (AvgIpc) is 2.61. The molecule has 2 rings (SSSR count). The molecule has 0 aliphatic rings. The zero-order chi connectivity index (χ0) is 19.2. The highest BCUT2D eigenvalue weighted by Gasteiger charge is 2.30. The molecule has 0 spiro atoms. The Hall–Kier alpha value is -2.52. The zero-order valence-corrected chi connectivity index (χ0v) is 14.4. The SMILES string of the molecule is CSc1ccc(NC(=O)CONC(=O)c2cccc(C(F)(F)F)c2)cc1. The fourth-order valence-corrected chi connectivity index (χ4v) is 2.34. The van der Waals surface area contributed by atoms with E-state index in [0.717, 1.165) is 17.0 Å². The zero-order valence-electron chi connectivity index (χ0n) is 13.6. The molecule has 0 saturated carbocycles. The lowest BCUT2D eigenvalue weighted by Gasteiger charge is -2.10. The van der Waals surface area contributed by atoms with Gasteiger partial charge in [0.15, 0.2) is 6.61 Å². The van der Waals surface area contributed by atoms with Crippen molar-refractivity contribution in [2.24, 2.45) is 0 Å². The van der Waals surface area contributed by atoms with Gasteiger partial charge in [-0.05, 0) is 48.7 Å². The molecule has 0 fully saturated rings. The minimum Gasteiger partial charge on any atom is -0.324 e. The van der Waals surface area contributed by atoms with Gasteiger partial charge in [-0.2, -0.15) is 13.2 Å². The van der Waals surface area contributed by atoms with Crippen molar-refractivity contribution in [2.45, 2.75) is 11.1 Å². The van der Waals surface area contributed by atoms with Crippen LogP contribution in [0.1, 0.15) is 15.9 Å². The van der Waals surface area contributed by atoms with Crippen LogP contribution in [0.3, 0.4) is 0 Å². The van der Waals surface area contributed by atoms with Gasteiger partial charge in [-0.3, -0.25) is 14.4 Å². The summed E-state index contributed by atoms with van der Waals surface area (Å²) in [4.78, 5) is 29.3. The van der Waals surface area contributed by atoms with Gasteiger partial charge in [0.05, 0.1) is 5.56 Å². The van der Waals surface area contributed by atoms with E-state index in [-0.39, 0.29) is 5.56 Å². The Morgan fingerprint density at radius 2 is 1.81 bits per heavy atom. The molecule has 0 aromatic heterocycles. The number of carbonyl (C=O) groups is 2. The number of alkyl halides is 3. The summed E-state index contributed by atoms with van der Waals surface area (Å²) in [5.74, 6) is -1.40. The summed E-state index contributed by atoms with van der Waals surface area (Å²) in [6, 6.07) is 11.0. The molecule has 2 aromatic carbocycles. The van der Waals surface area contributed by atoms with Crippen LogP contribution in [-0.4, -0.2) is 24.7 Å². The average molecular weight is 384 g/mol. The summed E-state index contributed by atoms with van der Waals surface area (Å²) in [5, 5.41) is 2.56. The summed E-state index contributed by atoms with van der Waals surface area (Å²) in [5.41, 5.74) is 1.32. The van der Waals surface area contributed by atoms with E-state index in [1.165, 1.54) is 6.07 Å². The maximum absolute atomic E-state index is 12.6. The summed E-state index contributed by atoms with van der Waals surface area (Å²) in [6.45, 7) is -0.491. The number of hydrogen-bond acceptors (Lipinski definition) is 4. The molecular weight excluding hydrogens is 369 g/mol. The van der Waals surface area contributed by atoms with Crippen LogP contribution in [0, 0.1) is 0 Å². The van der Waals surface area contributed by atoms with E-state index in [2.05, 4.69) is 5.32 Å². The molecule has 5 nitrogen and oxygen atoms in total. The van der Waals surface area contributed by atoms with E-state index in [9.17, 15) is 22.8 Å². The monoisotopic (exact) mass is 384 g/mol. The number of hydrogen-bond donors (Lipinski definition) is 2. The van der Waals surface area contributed by atoms with E-state index in [1.54, 1.807) is 23.9 Å². The standard InChI is InChI=1S/C17H15F3N2O3S/c1-26-14-7-5-13(6-8-14)21-15(23)10-25-22-16(24)11-3-2-4-12(9-11)17(18,19)20/h2-9H,10H2,1H3,(H,21,23)(H,22,24). The molecular formula is C17H15F3N2O3S. The second-order valence-corrected chi connectivity index (χ2v) is 5.95.